The molecule has 2 heterocycles. The Morgan fingerprint density at radius 1 is 1.35 bits per heavy atom. The number of fused-ring (bicyclic) bond motifs is 1. The van der Waals surface area contributed by atoms with Gasteiger partial charge in [-0.05, 0) is 12.1 Å². The van der Waals surface area contributed by atoms with Crippen LogP contribution in [0.3, 0.4) is 0 Å². The van der Waals surface area contributed by atoms with Crippen molar-refractivity contribution in [2.75, 3.05) is 18.6 Å². The van der Waals surface area contributed by atoms with Gasteiger partial charge in [0.1, 0.15) is 4.21 Å². The molecule has 20 heavy (non-hydrogen) atoms. The molecular formula is C10H15ClN2O3S4. The van der Waals surface area contributed by atoms with Crippen molar-refractivity contribution in [3.05, 3.63) is 17.0 Å². The van der Waals surface area contributed by atoms with Crippen molar-refractivity contribution in [2.24, 2.45) is 5.14 Å². The molecule has 0 saturated carbocycles. The van der Waals surface area contributed by atoms with Gasteiger partial charge in [0.05, 0.1) is 4.01 Å². The van der Waals surface area contributed by atoms with Gasteiger partial charge in [-0.15, -0.1) is 35.1 Å². The van der Waals surface area contributed by atoms with Gasteiger partial charge in [-0.2, -0.15) is 0 Å². The molecule has 0 fully saturated rings. The van der Waals surface area contributed by atoms with E-state index in [1.807, 2.05) is 6.07 Å². The van der Waals surface area contributed by atoms with Gasteiger partial charge in [-0.1, -0.05) is 0 Å². The SMILES string of the molecule is CS(=O)CCNCc1cc2cc(S(N)(=O)=O)sc2s1.Cl. The van der Waals surface area contributed by atoms with Gasteiger partial charge in [0.25, 0.3) is 0 Å². The van der Waals surface area contributed by atoms with Crippen LogP contribution in [0, 0.1) is 0 Å². The maximum absolute atomic E-state index is 11.2. The molecule has 2 aromatic heterocycles. The molecule has 0 aliphatic heterocycles. The third-order valence-corrected chi connectivity index (χ3v) is 6.98. The molecule has 0 aliphatic carbocycles. The van der Waals surface area contributed by atoms with E-state index in [4.69, 9.17) is 5.14 Å². The number of nitrogens with two attached hydrogens (primary N) is 1. The molecule has 114 valence electrons. The van der Waals surface area contributed by atoms with Crippen LogP contribution >= 0.6 is 35.1 Å². The number of nitrogens with one attached hydrogen (secondary N) is 1. The summed E-state index contributed by atoms with van der Waals surface area (Å²) >= 11 is 2.75. The number of halogens is 1. The molecule has 1 atom stereocenters. The van der Waals surface area contributed by atoms with Gasteiger partial charge in [0.2, 0.25) is 10.0 Å². The van der Waals surface area contributed by atoms with Crippen molar-refractivity contribution in [3.63, 3.8) is 0 Å². The normalized spacial score (nSPS) is 13.3. The van der Waals surface area contributed by atoms with E-state index in [2.05, 4.69) is 5.32 Å². The maximum Gasteiger partial charge on any atom is 0.247 e. The highest BCUT2D eigenvalue weighted by Gasteiger charge is 2.14. The lowest BCUT2D eigenvalue weighted by atomic mass is 10.3. The Morgan fingerprint density at radius 2 is 2.05 bits per heavy atom. The number of rotatable bonds is 6. The van der Waals surface area contributed by atoms with Crippen LogP contribution in [-0.4, -0.2) is 31.2 Å². The fraction of sp³-hybridized carbons (Fsp3) is 0.400. The van der Waals surface area contributed by atoms with E-state index in [1.54, 1.807) is 23.7 Å². The highest BCUT2D eigenvalue weighted by molar-refractivity contribution is 7.91. The Morgan fingerprint density at radius 3 is 2.60 bits per heavy atom. The topological polar surface area (TPSA) is 89.3 Å². The third kappa shape index (κ3) is 4.76. The molecule has 2 aromatic rings. The average Bonchev–Trinajstić information content (AvgIpc) is 2.80. The number of hydrogen-bond donors (Lipinski definition) is 2. The van der Waals surface area contributed by atoms with Gasteiger partial charge in [-0.3, -0.25) is 4.21 Å². The lowest BCUT2D eigenvalue weighted by Gasteiger charge is -2.00. The van der Waals surface area contributed by atoms with Gasteiger partial charge in [-0.25, -0.2) is 13.6 Å². The quantitative estimate of drug-likeness (QED) is 0.750. The van der Waals surface area contributed by atoms with Crippen LogP contribution in [0.15, 0.2) is 16.3 Å². The first-order chi connectivity index (χ1) is 8.86. The Bertz CT molecular complexity index is 676. The molecule has 1 unspecified atom stereocenters. The van der Waals surface area contributed by atoms with Gasteiger partial charge >= 0.3 is 0 Å². The minimum Gasteiger partial charge on any atom is -0.311 e. The minimum absolute atomic E-state index is 0. The predicted molar refractivity (Wildman–Crippen MR) is 89.0 cm³/mol. The van der Waals surface area contributed by atoms with Gasteiger partial charge in [0.15, 0.2) is 0 Å². The Labute approximate surface area is 134 Å². The second-order valence-electron chi connectivity index (χ2n) is 4.02. The summed E-state index contributed by atoms with van der Waals surface area (Å²) < 4.78 is 34.5. The van der Waals surface area contributed by atoms with Crippen molar-refractivity contribution in [1.82, 2.24) is 5.32 Å². The standard InChI is InChI=1S/C10H14N2O3S4.ClH/c1-18(13)3-2-12-6-8-4-7-5-9(19(11,14)15)17-10(7)16-8;/h4-5,12H,2-3,6H2,1H3,(H2,11,14,15);1H. The highest BCUT2D eigenvalue weighted by atomic mass is 35.5. The monoisotopic (exact) mass is 374 g/mol. The van der Waals surface area contributed by atoms with Crippen molar-refractivity contribution in [1.29, 1.82) is 0 Å². The molecule has 5 nitrogen and oxygen atoms in total. The molecule has 0 saturated heterocycles. The molecule has 3 N–H and O–H groups in total. The van der Waals surface area contributed by atoms with Crippen LogP contribution in [0.2, 0.25) is 0 Å². The summed E-state index contributed by atoms with van der Waals surface area (Å²) in [5.74, 6) is 0.634. The van der Waals surface area contributed by atoms with Crippen molar-refractivity contribution >= 4 is 65.3 Å². The Hall–Kier alpha value is -0.0300. The van der Waals surface area contributed by atoms with E-state index in [9.17, 15) is 12.6 Å². The summed E-state index contributed by atoms with van der Waals surface area (Å²) in [6.07, 6.45) is 1.68. The van der Waals surface area contributed by atoms with E-state index in [1.165, 1.54) is 11.3 Å². The summed E-state index contributed by atoms with van der Waals surface area (Å²) in [4.78, 5) is 1.13. The second kappa shape index (κ2) is 7.30. The third-order valence-electron chi connectivity index (χ3n) is 2.39. The van der Waals surface area contributed by atoms with Crippen LogP contribution in [0.4, 0.5) is 0 Å². The maximum atomic E-state index is 11.2. The summed E-state index contributed by atoms with van der Waals surface area (Å²) in [6.45, 7) is 1.41. The van der Waals surface area contributed by atoms with Gasteiger partial charge < -0.3 is 5.32 Å². The molecule has 0 bridgehead atoms. The Balaban J connectivity index is 0.00000200. The molecule has 0 radical (unpaired) electrons. The summed E-state index contributed by atoms with van der Waals surface area (Å²) in [7, 11) is -4.38. The first-order valence-corrected chi connectivity index (χ1v) is 10.3. The van der Waals surface area contributed by atoms with Crippen molar-refractivity contribution in [3.8, 4) is 0 Å². The largest absolute Gasteiger partial charge is 0.311 e. The van der Waals surface area contributed by atoms with E-state index < -0.39 is 20.8 Å². The molecule has 10 heteroatoms. The summed E-state index contributed by atoms with van der Waals surface area (Å²) in [5, 5.41) is 9.21. The van der Waals surface area contributed by atoms with Crippen molar-refractivity contribution in [2.45, 2.75) is 10.8 Å². The average molecular weight is 375 g/mol. The van der Waals surface area contributed by atoms with Gasteiger partial charge in [0, 0.05) is 46.2 Å². The fourth-order valence-corrected chi connectivity index (χ4v) is 5.31. The Kier molecular flexibility index (Phi) is 6.58. The number of thiophene rings is 2. The molecule has 0 amide bonds. The highest BCUT2D eigenvalue weighted by Crippen LogP contribution is 2.35. The van der Waals surface area contributed by atoms with Crippen molar-refractivity contribution < 1.29 is 12.6 Å². The zero-order valence-electron chi connectivity index (χ0n) is 10.6. The predicted octanol–water partition coefficient (Wildman–Crippen LogP) is 1.50. The van der Waals surface area contributed by atoms with Crippen LogP contribution < -0.4 is 10.5 Å². The van der Waals surface area contributed by atoms with Crippen LogP contribution in [-0.2, 0) is 27.4 Å². The molecule has 0 aromatic carbocycles. The van der Waals surface area contributed by atoms with Crippen LogP contribution in [0.25, 0.3) is 9.40 Å². The number of hydrogen-bond acceptors (Lipinski definition) is 6. The zero-order chi connectivity index (χ0) is 14.0. The van der Waals surface area contributed by atoms with E-state index in [-0.39, 0.29) is 16.6 Å². The zero-order valence-corrected chi connectivity index (χ0v) is 14.7. The smallest absolute Gasteiger partial charge is 0.247 e. The lowest BCUT2D eigenvalue weighted by Crippen LogP contribution is -2.18. The molecule has 2 rings (SSSR count). The van der Waals surface area contributed by atoms with E-state index >= 15 is 0 Å². The lowest BCUT2D eigenvalue weighted by molar-refractivity contribution is 0.600. The van der Waals surface area contributed by atoms with Crippen LogP contribution in [0.1, 0.15) is 4.88 Å². The van der Waals surface area contributed by atoms with Crippen LogP contribution in [0.5, 0.6) is 0 Å². The molecule has 0 aliphatic rings. The fourth-order valence-electron chi connectivity index (χ4n) is 1.52. The summed E-state index contributed by atoms with van der Waals surface area (Å²) in [5.41, 5.74) is 0. The molecular weight excluding hydrogens is 360 g/mol. The second-order valence-corrected chi connectivity index (χ2v) is 9.81. The van der Waals surface area contributed by atoms with E-state index in [0.29, 0.717) is 18.8 Å². The first-order valence-electron chi connectivity index (χ1n) is 5.42. The van der Waals surface area contributed by atoms with E-state index in [0.717, 1.165) is 14.3 Å². The molecule has 0 spiro atoms. The minimum atomic E-state index is -3.60. The first kappa shape index (κ1) is 18.0. The summed E-state index contributed by atoms with van der Waals surface area (Å²) in [6, 6.07) is 3.57. The number of sulfonamides is 1. The number of primary sulfonamides is 1.